The van der Waals surface area contributed by atoms with Gasteiger partial charge in [-0.2, -0.15) is 10.2 Å². The van der Waals surface area contributed by atoms with Crippen LogP contribution in [0.15, 0.2) is 289 Å². The minimum atomic E-state index is -3.64. The van der Waals surface area contributed by atoms with Crippen molar-refractivity contribution in [3.63, 3.8) is 0 Å². The van der Waals surface area contributed by atoms with Crippen molar-refractivity contribution in [2.24, 2.45) is 0 Å². The number of carbonyl (C=O) groups excluding carboxylic acids is 4. The first-order valence-electron chi connectivity index (χ1n) is 34.6. The van der Waals surface area contributed by atoms with Crippen molar-refractivity contribution in [1.29, 1.82) is 0 Å². The fourth-order valence-corrected chi connectivity index (χ4v) is 15.8. The standard InChI is InChI=1S/C21H16ClN5O3S.C21H16ClN5O2S.C20H16BrClN2O3S.C20H18ClN3O3S/c22-18-9-8-16(11-17(18)19-3-1-2-10-23-19)26-20(28)15-6-4-14(5-7-15)12-31(29,30)21-24-13-25-27-21;22-18-9-8-16(11-17(18)19-3-1-2-10-23-19)26-20(28)15-6-4-14(5-7-15)12-30(29)21-24-13-25-27-21;1-28(26,27)12-13-5-7-15(17(21)10-13)20(25)24-14-6-8-18(22)16(11-14)19-4-2-3-9-23-19;1-24(28(2,26)27)16-9-6-14(7-10-16)20(25)23-15-8-11-18(21)17(13-15)19-5-3-4-12-22-19/h1-11,13H,12H2,(H,26,28)(H,24,25,27);1-11,13H,12H2,(H,26,28)(H,24,25,27);2-11H,12H2,1H3,(H,24,25);3-13H,1-2H3,(H,23,25). The molecular weight excluding hydrogens is 1720 g/mol. The minimum absolute atomic E-state index is 0.0852. The Labute approximate surface area is 703 Å². The Morgan fingerprint density at radius 2 is 0.786 bits per heavy atom. The number of nitrogens with zero attached hydrogens (tertiary/aromatic N) is 9. The van der Waals surface area contributed by atoms with Gasteiger partial charge in [0.1, 0.15) is 12.7 Å². The lowest BCUT2D eigenvalue weighted by Gasteiger charge is -2.16. The van der Waals surface area contributed by atoms with E-state index in [1.807, 2.05) is 72.8 Å². The summed E-state index contributed by atoms with van der Waals surface area (Å²) in [5.41, 5.74) is 12.1. The van der Waals surface area contributed by atoms with E-state index in [0.29, 0.717) is 125 Å². The van der Waals surface area contributed by atoms with Gasteiger partial charge in [-0.15, -0.1) is 0 Å². The van der Waals surface area contributed by atoms with Gasteiger partial charge in [-0.25, -0.2) is 35.2 Å². The van der Waals surface area contributed by atoms with Crippen molar-refractivity contribution in [2.45, 2.75) is 27.6 Å². The molecule has 6 heterocycles. The molecule has 35 heteroatoms. The highest BCUT2D eigenvalue weighted by atomic mass is 79.9. The zero-order chi connectivity index (χ0) is 83.4. The van der Waals surface area contributed by atoms with Crippen LogP contribution in [-0.2, 0) is 57.8 Å². The van der Waals surface area contributed by atoms with Crippen LogP contribution in [0.2, 0.25) is 20.1 Å². The molecule has 0 bridgehead atoms. The lowest BCUT2D eigenvalue weighted by atomic mass is 10.1. The van der Waals surface area contributed by atoms with Gasteiger partial charge in [0.05, 0.1) is 88.4 Å². The molecule has 594 valence electrons. The van der Waals surface area contributed by atoms with E-state index >= 15 is 0 Å². The predicted molar refractivity (Wildman–Crippen MR) is 460 cm³/mol. The number of hydrogen-bond acceptors (Lipinski definition) is 19. The van der Waals surface area contributed by atoms with Gasteiger partial charge < -0.3 is 21.3 Å². The molecule has 6 N–H and O–H groups in total. The average Bonchev–Trinajstić information content (AvgIpc) is 1.62. The molecule has 0 aliphatic carbocycles. The van der Waals surface area contributed by atoms with Crippen LogP contribution in [0.4, 0.5) is 28.4 Å². The highest BCUT2D eigenvalue weighted by Crippen LogP contribution is 2.35. The quantitative estimate of drug-likeness (QED) is 0.0367. The summed E-state index contributed by atoms with van der Waals surface area (Å²) in [6.45, 7) is 0. The highest BCUT2D eigenvalue weighted by Gasteiger charge is 2.22. The fraction of sp³-hybridized carbons (Fsp3) is 0.0732. The number of anilines is 5. The number of pyridine rings is 4. The summed E-state index contributed by atoms with van der Waals surface area (Å²) in [7, 11) is -10.0. The maximum absolute atomic E-state index is 12.7. The third kappa shape index (κ3) is 24.3. The number of rotatable bonds is 22. The van der Waals surface area contributed by atoms with E-state index in [4.69, 9.17) is 46.4 Å². The molecule has 1 atom stereocenters. The summed E-state index contributed by atoms with van der Waals surface area (Å²) in [4.78, 5) is 75.2. The van der Waals surface area contributed by atoms with Crippen LogP contribution >= 0.6 is 62.3 Å². The summed E-state index contributed by atoms with van der Waals surface area (Å²) in [6.07, 6.45) is 11.4. The maximum Gasteiger partial charge on any atom is 0.256 e. The molecule has 0 aliphatic rings. The SMILES string of the molecule is CN(c1ccc(C(=O)Nc2ccc(Cl)c(-c3ccccn3)c2)cc1)S(C)(=O)=O.CS(=O)(=O)Cc1ccc(C(=O)Nc2ccc(Cl)c(-c3ccccn3)c2)c(Br)c1.O=C(Nc1ccc(Cl)c(-c2ccccn2)c1)c1ccc(CS(=O)(=O)c2ncn[nH]2)cc1.O=C(Nc1ccc(Cl)c(-c2ccccn2)c1)c1ccc(CS(=O)c2ncn[nH]2)cc1. The van der Waals surface area contributed by atoms with Crippen molar-refractivity contribution in [2.75, 3.05) is 45.1 Å². The number of nitrogens with one attached hydrogen (secondary N) is 6. The number of benzene rings is 8. The fourth-order valence-electron chi connectivity index (χ4n) is 10.9. The van der Waals surface area contributed by atoms with Crippen molar-refractivity contribution >= 4 is 155 Å². The second-order valence-corrected chi connectivity index (χ2v) is 35.2. The van der Waals surface area contributed by atoms with Gasteiger partial charge >= 0.3 is 0 Å². The molecule has 0 saturated carbocycles. The maximum atomic E-state index is 12.7. The van der Waals surface area contributed by atoms with E-state index in [0.717, 1.165) is 33.7 Å². The first kappa shape index (κ1) is 85.8. The highest BCUT2D eigenvalue weighted by molar-refractivity contribution is 9.10. The molecule has 0 spiro atoms. The van der Waals surface area contributed by atoms with Gasteiger partial charge in [-0.1, -0.05) is 101 Å². The van der Waals surface area contributed by atoms with Crippen molar-refractivity contribution < 1.29 is 48.6 Å². The molecule has 117 heavy (non-hydrogen) atoms. The molecule has 4 amide bonds. The normalized spacial score (nSPS) is 11.4. The van der Waals surface area contributed by atoms with E-state index in [1.165, 1.54) is 19.6 Å². The van der Waals surface area contributed by atoms with E-state index in [1.54, 1.807) is 189 Å². The molecule has 6 aromatic heterocycles. The van der Waals surface area contributed by atoms with E-state index in [2.05, 4.69) is 87.5 Å². The Morgan fingerprint density at radius 3 is 1.13 bits per heavy atom. The number of sulfone groups is 2. The summed E-state index contributed by atoms with van der Waals surface area (Å²) in [5, 5.41) is 25.8. The summed E-state index contributed by atoms with van der Waals surface area (Å²) in [6, 6.07) is 67.2. The third-order valence-corrected chi connectivity index (χ3v) is 23.5. The number of aromatic amines is 2. The first-order chi connectivity index (χ1) is 56.0. The molecule has 14 rings (SSSR count). The van der Waals surface area contributed by atoms with E-state index in [9.17, 15) is 48.6 Å². The van der Waals surface area contributed by atoms with Crippen LogP contribution in [-0.4, -0.2) is 123 Å². The largest absolute Gasteiger partial charge is 0.322 e. The van der Waals surface area contributed by atoms with Crippen LogP contribution in [0, 0.1) is 0 Å². The number of carbonyl (C=O) groups is 4. The van der Waals surface area contributed by atoms with Gasteiger partial charge in [-0.3, -0.25) is 57.8 Å². The number of sulfonamides is 1. The molecule has 0 saturated heterocycles. The molecule has 0 radical (unpaired) electrons. The number of hydrogen-bond donors (Lipinski definition) is 6. The van der Waals surface area contributed by atoms with Gasteiger partial charge in [0.25, 0.3) is 23.6 Å². The molecule has 0 aliphatic heterocycles. The average molecular weight is 1790 g/mol. The Morgan fingerprint density at radius 1 is 0.419 bits per heavy atom. The van der Waals surface area contributed by atoms with Crippen LogP contribution in [0.5, 0.6) is 0 Å². The molecular formula is C82H66BrCl4N15O11S4. The van der Waals surface area contributed by atoms with Crippen LogP contribution in [0.25, 0.3) is 45.0 Å². The summed E-state index contributed by atoms with van der Waals surface area (Å²) < 4.78 is 84.5. The van der Waals surface area contributed by atoms with Crippen LogP contribution in [0.1, 0.15) is 58.1 Å². The second-order valence-electron chi connectivity index (χ2n) is 25.3. The van der Waals surface area contributed by atoms with Crippen LogP contribution < -0.4 is 25.6 Å². The van der Waals surface area contributed by atoms with Gasteiger partial charge in [0.2, 0.25) is 30.2 Å². The zero-order valence-electron chi connectivity index (χ0n) is 61.6. The Balaban J connectivity index is 0.000000153. The Kier molecular flexibility index (Phi) is 29.0. The molecule has 0 fully saturated rings. The number of halogens is 5. The molecule has 8 aromatic carbocycles. The Bertz CT molecular complexity index is 6250. The van der Waals surface area contributed by atoms with Gasteiger partial charge in [-0.05, 0) is 215 Å². The van der Waals surface area contributed by atoms with E-state index in [-0.39, 0.29) is 46.0 Å². The topological polar surface area (TPSA) is 374 Å². The number of H-pyrrole nitrogens is 2. The smallest absolute Gasteiger partial charge is 0.256 e. The van der Waals surface area contributed by atoms with Gasteiger partial charge in [0, 0.05) is 104 Å². The predicted octanol–water partition coefficient (Wildman–Crippen LogP) is 16.8. The molecule has 14 aromatic rings. The zero-order valence-corrected chi connectivity index (χ0v) is 69.5. The summed E-state index contributed by atoms with van der Waals surface area (Å²) in [5.74, 6) is -1.30. The lowest BCUT2D eigenvalue weighted by Crippen LogP contribution is -2.24. The van der Waals surface area contributed by atoms with Crippen LogP contribution in [0.3, 0.4) is 0 Å². The number of aromatic nitrogens is 10. The van der Waals surface area contributed by atoms with E-state index < -0.39 is 40.5 Å². The third-order valence-electron chi connectivity index (χ3n) is 16.7. The molecule has 26 nitrogen and oxygen atoms in total. The monoisotopic (exact) mass is 1780 g/mol. The van der Waals surface area contributed by atoms with Crippen molar-refractivity contribution in [3.8, 4) is 45.0 Å². The number of amides is 4. The minimum Gasteiger partial charge on any atom is -0.322 e. The lowest BCUT2D eigenvalue weighted by molar-refractivity contribution is 0.101. The molecule has 1 unspecified atom stereocenters. The van der Waals surface area contributed by atoms with Gasteiger partial charge in [0.15, 0.2) is 9.84 Å². The van der Waals surface area contributed by atoms with Crippen molar-refractivity contribution in [3.05, 3.63) is 338 Å². The van der Waals surface area contributed by atoms with Crippen molar-refractivity contribution in [1.82, 2.24) is 50.3 Å². The second kappa shape index (κ2) is 39.5. The summed E-state index contributed by atoms with van der Waals surface area (Å²) >= 11 is 28.4. The first-order valence-corrected chi connectivity index (χ1v) is 43.8. The Hall–Kier alpha value is -12.0.